The van der Waals surface area contributed by atoms with Gasteiger partial charge in [0.15, 0.2) is 12.1 Å². The predicted octanol–water partition coefficient (Wildman–Crippen LogP) is 2.22. The van der Waals surface area contributed by atoms with Gasteiger partial charge in [-0.05, 0) is 38.8 Å². The van der Waals surface area contributed by atoms with Gasteiger partial charge in [-0.3, -0.25) is 0 Å². The third-order valence-electron chi connectivity index (χ3n) is 5.62. The van der Waals surface area contributed by atoms with Crippen molar-refractivity contribution in [2.24, 2.45) is 0 Å². The molecule has 0 bridgehead atoms. The first-order valence-corrected chi connectivity index (χ1v) is 13.5. The molecule has 236 valence electrons. The Labute approximate surface area is 250 Å². The van der Waals surface area contributed by atoms with E-state index in [2.05, 4.69) is 10.6 Å². The number of carbonyl (C=O) groups is 4. The number of hydrogen-bond acceptors (Lipinski definition) is 11. The molecule has 43 heavy (non-hydrogen) atoms. The smallest absolute Gasteiger partial charge is 0.408 e. The summed E-state index contributed by atoms with van der Waals surface area (Å²) < 4.78 is 26.6. The van der Waals surface area contributed by atoms with Gasteiger partial charge in [0.1, 0.15) is 26.4 Å². The van der Waals surface area contributed by atoms with Crippen LogP contribution in [0.25, 0.3) is 0 Å². The van der Waals surface area contributed by atoms with Gasteiger partial charge in [0, 0.05) is 0 Å². The van der Waals surface area contributed by atoms with Crippen molar-refractivity contribution in [1.29, 1.82) is 0 Å². The molecule has 0 radical (unpaired) electrons. The first-order chi connectivity index (χ1) is 20.3. The number of benzene rings is 2. The number of alkyl carbamates (subject to hydrolysis) is 2. The van der Waals surface area contributed by atoms with E-state index in [9.17, 15) is 29.4 Å². The third-order valence-corrected chi connectivity index (χ3v) is 5.62. The Bertz CT molecular complexity index is 1080. The summed E-state index contributed by atoms with van der Waals surface area (Å²) in [7, 11) is 0. The van der Waals surface area contributed by atoms with Gasteiger partial charge in [0.2, 0.25) is 0 Å². The first kappa shape index (κ1) is 35.0. The lowest BCUT2D eigenvalue weighted by Gasteiger charge is -2.35. The molecule has 2 aromatic rings. The Morgan fingerprint density at radius 1 is 0.628 bits per heavy atom. The second kappa shape index (κ2) is 17.0. The average Bonchev–Trinajstić information content (AvgIpc) is 2.98. The van der Waals surface area contributed by atoms with Crippen LogP contribution in [0.3, 0.4) is 0 Å². The van der Waals surface area contributed by atoms with Gasteiger partial charge in [-0.25, -0.2) is 19.2 Å². The molecule has 0 fully saturated rings. The highest BCUT2D eigenvalue weighted by Crippen LogP contribution is 2.22. The lowest BCUT2D eigenvalue weighted by molar-refractivity contribution is -0.187. The summed E-state index contributed by atoms with van der Waals surface area (Å²) in [6.07, 6.45) is -1.81. The highest BCUT2D eigenvalue weighted by Gasteiger charge is 2.34. The second-order valence-corrected chi connectivity index (χ2v) is 10.7. The minimum absolute atomic E-state index is 0.0200. The van der Waals surface area contributed by atoms with Gasteiger partial charge >= 0.3 is 24.1 Å². The van der Waals surface area contributed by atoms with Crippen LogP contribution in [0.4, 0.5) is 9.59 Å². The van der Waals surface area contributed by atoms with Crippen LogP contribution in [-0.4, -0.2) is 84.1 Å². The molecule has 0 spiro atoms. The number of amides is 2. The maximum atomic E-state index is 12.5. The Kier molecular flexibility index (Phi) is 13.9. The van der Waals surface area contributed by atoms with Crippen molar-refractivity contribution >= 4 is 24.1 Å². The molecule has 2 rings (SSSR count). The summed E-state index contributed by atoms with van der Waals surface area (Å²) in [6, 6.07) is 15.1. The normalized spacial score (nSPS) is 12.8. The molecular formula is C30H40N2O11. The summed E-state index contributed by atoms with van der Waals surface area (Å²) in [5, 5.41) is 23.6. The predicted molar refractivity (Wildman–Crippen MR) is 152 cm³/mol. The van der Waals surface area contributed by atoms with Crippen LogP contribution in [0.15, 0.2) is 60.7 Å². The largest absolute Gasteiger partial charge is 0.461 e. The highest BCUT2D eigenvalue weighted by molar-refractivity contribution is 5.82. The van der Waals surface area contributed by atoms with Crippen LogP contribution >= 0.6 is 0 Å². The first-order valence-electron chi connectivity index (χ1n) is 13.5. The van der Waals surface area contributed by atoms with Crippen LogP contribution in [0.2, 0.25) is 0 Å². The number of nitrogens with one attached hydrogen (secondary N) is 2. The number of aliphatic hydroxyl groups excluding tert-OH is 2. The fraction of sp³-hybridized carbons (Fsp3) is 0.467. The van der Waals surface area contributed by atoms with Gasteiger partial charge in [-0.2, -0.15) is 0 Å². The van der Waals surface area contributed by atoms with Gasteiger partial charge in [-0.1, -0.05) is 60.7 Å². The zero-order valence-corrected chi connectivity index (χ0v) is 24.7. The quantitative estimate of drug-likeness (QED) is 0.163. The molecule has 0 aliphatic rings. The van der Waals surface area contributed by atoms with E-state index in [1.807, 2.05) is 12.1 Å². The molecule has 0 saturated heterocycles. The Balaban J connectivity index is 1.77. The molecule has 0 unspecified atom stereocenters. The van der Waals surface area contributed by atoms with Gasteiger partial charge in [-0.15, -0.1) is 0 Å². The maximum absolute atomic E-state index is 12.5. The van der Waals surface area contributed by atoms with Crippen LogP contribution in [-0.2, 0) is 46.5 Å². The number of ether oxygens (including phenoxy) is 5. The molecule has 0 saturated carbocycles. The molecule has 13 heteroatoms. The Morgan fingerprint density at radius 3 is 1.30 bits per heavy atom. The molecule has 2 amide bonds. The van der Waals surface area contributed by atoms with E-state index < -0.39 is 60.6 Å². The van der Waals surface area contributed by atoms with E-state index in [0.29, 0.717) is 0 Å². The van der Waals surface area contributed by atoms with E-state index in [1.54, 1.807) is 76.2 Å². The van der Waals surface area contributed by atoms with Crippen molar-refractivity contribution in [2.45, 2.75) is 64.2 Å². The van der Waals surface area contributed by atoms with Crippen molar-refractivity contribution in [1.82, 2.24) is 10.6 Å². The molecule has 0 aliphatic heterocycles. The zero-order valence-electron chi connectivity index (χ0n) is 24.7. The van der Waals surface area contributed by atoms with Crippen LogP contribution in [0, 0.1) is 0 Å². The fourth-order valence-corrected chi connectivity index (χ4v) is 3.67. The number of aliphatic hydroxyl groups is 2. The van der Waals surface area contributed by atoms with Crippen LogP contribution in [0.5, 0.6) is 0 Å². The fourth-order valence-electron chi connectivity index (χ4n) is 3.67. The number of hydrogen-bond donors (Lipinski definition) is 4. The Hall–Kier alpha value is -4.20. The van der Waals surface area contributed by atoms with E-state index in [-0.39, 0.29) is 26.4 Å². The monoisotopic (exact) mass is 604 g/mol. The van der Waals surface area contributed by atoms with Crippen molar-refractivity contribution in [3.8, 4) is 0 Å². The summed E-state index contributed by atoms with van der Waals surface area (Å²) in [4.78, 5) is 49.1. The molecule has 13 nitrogen and oxygen atoms in total. The average molecular weight is 605 g/mol. The SMILES string of the molecule is CC(C)(COC(=O)[C@@H](CO)NC(=O)OCc1ccccc1)OC(C)(C)COC(=O)[C@@H](CO)NC(=O)OCc1ccccc1. The Morgan fingerprint density at radius 2 is 0.977 bits per heavy atom. The van der Waals surface area contributed by atoms with E-state index in [1.165, 1.54) is 0 Å². The molecule has 0 aromatic heterocycles. The zero-order chi connectivity index (χ0) is 31.9. The van der Waals surface area contributed by atoms with Gasteiger partial charge < -0.3 is 44.5 Å². The minimum atomic E-state index is -1.37. The van der Waals surface area contributed by atoms with Crippen molar-refractivity contribution in [2.75, 3.05) is 26.4 Å². The van der Waals surface area contributed by atoms with Crippen molar-refractivity contribution in [3.05, 3.63) is 71.8 Å². The van der Waals surface area contributed by atoms with Gasteiger partial charge in [0.05, 0.1) is 24.4 Å². The molecule has 4 N–H and O–H groups in total. The number of carbonyl (C=O) groups excluding carboxylic acids is 4. The van der Waals surface area contributed by atoms with Crippen molar-refractivity contribution in [3.63, 3.8) is 0 Å². The summed E-state index contributed by atoms with van der Waals surface area (Å²) in [5.74, 6) is -1.81. The van der Waals surface area contributed by atoms with E-state index in [4.69, 9.17) is 23.7 Å². The minimum Gasteiger partial charge on any atom is -0.461 e. The standard InChI is InChI=1S/C30H40N2O11/c1-29(2,19-41-25(35)23(15-33)31-27(37)39-17-21-11-7-5-8-12-21)43-30(3,4)20-42-26(36)24(16-34)32-28(38)40-18-22-13-9-6-10-14-22/h5-14,23-24,33-34H,15-20H2,1-4H3,(H,31,37)(H,32,38)/t23-,24-/m1/s1. The summed E-state index contributed by atoms with van der Waals surface area (Å²) in [5.41, 5.74) is -0.681. The maximum Gasteiger partial charge on any atom is 0.408 e. The number of esters is 2. The summed E-state index contributed by atoms with van der Waals surface area (Å²) >= 11 is 0. The van der Waals surface area contributed by atoms with Crippen LogP contribution in [0.1, 0.15) is 38.8 Å². The van der Waals surface area contributed by atoms with E-state index in [0.717, 1.165) is 11.1 Å². The highest BCUT2D eigenvalue weighted by atomic mass is 16.6. The third kappa shape index (κ3) is 13.5. The topological polar surface area (TPSA) is 179 Å². The lowest BCUT2D eigenvalue weighted by Crippen LogP contribution is -2.49. The number of rotatable bonds is 16. The van der Waals surface area contributed by atoms with Gasteiger partial charge in [0.25, 0.3) is 0 Å². The lowest BCUT2D eigenvalue weighted by atomic mass is 10.1. The molecule has 2 aromatic carbocycles. The molecule has 0 aliphatic carbocycles. The van der Waals surface area contributed by atoms with Crippen molar-refractivity contribution < 1.29 is 53.1 Å². The molecule has 0 heterocycles. The van der Waals surface area contributed by atoms with Crippen LogP contribution < -0.4 is 10.6 Å². The summed E-state index contributed by atoms with van der Waals surface area (Å²) in [6.45, 7) is 4.48. The second-order valence-electron chi connectivity index (χ2n) is 10.7. The van der Waals surface area contributed by atoms with E-state index >= 15 is 0 Å². The molecule has 2 atom stereocenters. The molecular weight excluding hydrogens is 564 g/mol.